The summed E-state index contributed by atoms with van der Waals surface area (Å²) in [6, 6.07) is 0. The molecule has 0 saturated heterocycles. The van der Waals surface area contributed by atoms with Crippen LogP contribution in [0.15, 0.2) is 29.2 Å². The Bertz CT molecular complexity index is 1780. The molecule has 390 valence electrons. The number of halogens is 4. The van der Waals surface area contributed by atoms with Crippen LogP contribution in [0, 0.1) is 23.2 Å². The second kappa shape index (κ2) is 26.1. The summed E-state index contributed by atoms with van der Waals surface area (Å²) in [5, 5.41) is 1.64. The molecule has 1 unspecified atom stereocenters. The Hall–Kier alpha value is -1.03. The van der Waals surface area contributed by atoms with Crippen molar-refractivity contribution in [3.8, 4) is 0 Å². The molecule has 0 aliphatic carbocycles. The number of carbonyl (C=O) groups excluding carboxylic acids is 3. The standard InChI is InChI=1S/C29H47F3O5Si.C23H47BrNOPSSi/c1-18-13-12-14-22(29(30,31)32)15-16-23(21(4)33)36-24(34)17-19(2)28(8,9)26(35)20(3)25(18)37-38(10,11)27(5,6)7;1-9-12-15-27(24,16-13-10-2,17-14-11-3)19-21-20-28-22(25-21)18-26-29(7,8)23(4,5)6/h12-13,15,18-20,23,25H,14,16-17H2,1-11H3;20H,9-19H2,1-8H3/b13-12+,22-15+;/t18-,19-,20?,23-,25-;/m0./s1. The van der Waals surface area contributed by atoms with Gasteiger partial charge in [-0.1, -0.05) is 73.6 Å². The number of cyclic esters (lactones) is 1. The normalized spacial score (nSPS) is 24.1. The van der Waals surface area contributed by atoms with Crippen molar-refractivity contribution in [2.24, 2.45) is 23.2 Å². The number of ketones is 2. The van der Waals surface area contributed by atoms with E-state index in [2.05, 4.69) is 109 Å². The van der Waals surface area contributed by atoms with E-state index < -0.39 is 81.3 Å². The number of thiazole rings is 1. The minimum atomic E-state index is -4.61. The number of aromatic nitrogens is 1. The van der Waals surface area contributed by atoms with E-state index in [-0.39, 0.29) is 34.6 Å². The van der Waals surface area contributed by atoms with Crippen LogP contribution in [0.5, 0.6) is 0 Å². The van der Waals surface area contributed by atoms with Gasteiger partial charge in [0.25, 0.3) is 0 Å². The van der Waals surface area contributed by atoms with E-state index in [1.807, 2.05) is 6.92 Å². The number of alkyl halides is 3. The molecule has 0 bridgehead atoms. The molecule has 0 spiro atoms. The molecule has 2 rings (SSSR count). The summed E-state index contributed by atoms with van der Waals surface area (Å²) in [4.78, 5) is 43.7. The third-order valence-electron chi connectivity index (χ3n) is 15.2. The number of hydrogen-bond donors (Lipinski definition) is 0. The summed E-state index contributed by atoms with van der Waals surface area (Å²) in [6.07, 6.45) is 9.79. The van der Waals surface area contributed by atoms with E-state index in [0.29, 0.717) is 6.61 Å². The zero-order chi connectivity index (χ0) is 52.1. The third-order valence-corrected chi connectivity index (χ3v) is 34.4. The van der Waals surface area contributed by atoms with E-state index in [0.717, 1.165) is 11.1 Å². The molecule has 0 fully saturated rings. The number of nitrogens with zero attached hydrogens (tertiary/aromatic N) is 1. The quantitative estimate of drug-likeness (QED) is 0.0664. The number of unbranched alkanes of at least 4 members (excludes halogenated alkanes) is 3. The second-order valence-electron chi connectivity index (χ2n) is 23.4. The van der Waals surface area contributed by atoms with E-state index in [9.17, 15) is 27.6 Å². The Kier molecular flexibility index (Phi) is 24.9. The van der Waals surface area contributed by atoms with Crippen molar-refractivity contribution in [3.05, 3.63) is 39.9 Å². The number of allylic oxidation sites excluding steroid dienone is 2. The van der Waals surface area contributed by atoms with Crippen LogP contribution in [0.25, 0.3) is 0 Å². The fraction of sp³-hybridized carbons (Fsp3) is 0.808. The van der Waals surface area contributed by atoms with Crippen LogP contribution >= 0.6 is 32.1 Å². The van der Waals surface area contributed by atoms with Gasteiger partial charge in [0.1, 0.15) is 5.78 Å². The van der Waals surface area contributed by atoms with Crippen LogP contribution in [-0.4, -0.2) is 76.0 Å². The Morgan fingerprint density at radius 2 is 1.42 bits per heavy atom. The van der Waals surface area contributed by atoms with Gasteiger partial charge in [-0.15, -0.1) is 0 Å². The summed E-state index contributed by atoms with van der Waals surface area (Å²) < 4.78 is 59.7. The van der Waals surface area contributed by atoms with Crippen molar-refractivity contribution in [1.29, 1.82) is 0 Å². The van der Waals surface area contributed by atoms with Gasteiger partial charge < -0.3 is 9.16 Å². The van der Waals surface area contributed by atoms with Gasteiger partial charge in [0, 0.05) is 29.7 Å². The number of ether oxygens (including phenoxy) is 1. The molecule has 0 radical (unpaired) electrons. The summed E-state index contributed by atoms with van der Waals surface area (Å²) >= 11 is 6.31. The fourth-order valence-corrected chi connectivity index (χ4v) is 19.6. The number of Topliss-reactive ketones (excluding diaryl/α,β-unsaturated/α-hetero) is 2. The maximum atomic E-state index is 13.9. The van der Waals surface area contributed by atoms with Crippen LogP contribution in [-0.2, 0) is 40.7 Å². The fourth-order valence-electron chi connectivity index (χ4n) is 7.84. The average Bonchev–Trinajstić information content (AvgIpc) is 3.65. The van der Waals surface area contributed by atoms with E-state index in [1.54, 1.807) is 45.1 Å². The first-order chi connectivity index (χ1) is 30.4. The van der Waals surface area contributed by atoms with Gasteiger partial charge in [-0.3, -0.25) is 14.4 Å². The Morgan fingerprint density at radius 3 is 1.87 bits per heavy atom. The van der Waals surface area contributed by atoms with Gasteiger partial charge in [0.2, 0.25) is 0 Å². The molecule has 0 saturated carbocycles. The first kappa shape index (κ1) is 64.0. The molecule has 0 amide bonds. The van der Waals surface area contributed by atoms with Crippen LogP contribution in [0.4, 0.5) is 13.2 Å². The Balaban J connectivity index is 0.000000695. The van der Waals surface area contributed by atoms with Crippen molar-refractivity contribution in [2.75, 3.05) is 18.5 Å². The monoisotopic (exact) mass is 1080 g/mol. The number of hydrogen-bond acceptors (Lipinski definition) is 8. The van der Waals surface area contributed by atoms with Gasteiger partial charge >= 0.3 is 208 Å². The predicted octanol–water partition coefficient (Wildman–Crippen LogP) is 17.0. The Morgan fingerprint density at radius 1 is 0.910 bits per heavy atom. The van der Waals surface area contributed by atoms with Crippen molar-refractivity contribution < 1.29 is 41.1 Å². The third kappa shape index (κ3) is 19.8. The van der Waals surface area contributed by atoms with Gasteiger partial charge in [0.15, 0.2) is 20.2 Å². The maximum absolute atomic E-state index is 13.9. The van der Waals surface area contributed by atoms with Gasteiger partial charge in [-0.2, -0.15) is 13.2 Å². The number of rotatable bonds is 17. The Labute approximate surface area is 420 Å². The van der Waals surface area contributed by atoms with Gasteiger partial charge in [-0.25, -0.2) is 0 Å². The SMILES string of the molecule is CC(=O)[C@@H]1C/C=C(/C(F)(F)F)C/C=C/[C@H](C)[C@H](O[Si](C)(C)C(C)(C)C)C(C)C(=O)C(C)(C)[C@@H](C)CC(=O)O1.CCCCP(Br)(CCCC)(CCCC)Cc1csc(CO[Si](C)(C)C(C)(C)C)n1. The number of esters is 1. The minimum absolute atomic E-state index is 0.0900. The van der Waals surface area contributed by atoms with Crippen molar-refractivity contribution in [3.63, 3.8) is 0 Å². The molecule has 5 atom stereocenters. The number of carbonyl (C=O) groups is 3. The molecule has 15 heteroatoms. The van der Waals surface area contributed by atoms with Crippen LogP contribution in [0.2, 0.25) is 36.3 Å². The van der Waals surface area contributed by atoms with Crippen LogP contribution in [0.1, 0.15) is 172 Å². The summed E-state index contributed by atoms with van der Waals surface area (Å²) in [7, 11) is -4.08. The van der Waals surface area contributed by atoms with Crippen molar-refractivity contribution in [2.45, 2.75) is 229 Å². The summed E-state index contributed by atoms with van der Waals surface area (Å²) in [5.74, 6) is -2.70. The molecule has 0 aromatic carbocycles. The van der Waals surface area contributed by atoms with Crippen molar-refractivity contribution >= 4 is 66.3 Å². The van der Waals surface area contributed by atoms with Crippen LogP contribution in [0.3, 0.4) is 0 Å². The zero-order valence-corrected chi connectivity index (χ0v) is 50.7. The molecule has 2 heterocycles. The van der Waals surface area contributed by atoms with Gasteiger partial charge in [-0.05, 0) is 43.3 Å². The molecular weight excluding hydrogens is 991 g/mol. The van der Waals surface area contributed by atoms with E-state index in [1.165, 1.54) is 81.9 Å². The van der Waals surface area contributed by atoms with E-state index in [4.69, 9.17) is 18.6 Å². The second-order valence-corrected chi connectivity index (χ2v) is 45.2. The first-order valence-corrected chi connectivity index (χ1v) is 36.7. The molecule has 1 aliphatic rings. The molecule has 7 nitrogen and oxygen atoms in total. The zero-order valence-electron chi connectivity index (χ0n) is 45.4. The van der Waals surface area contributed by atoms with E-state index >= 15 is 0 Å². The van der Waals surface area contributed by atoms with Crippen molar-refractivity contribution in [1.82, 2.24) is 4.98 Å². The molecule has 1 aliphatic heterocycles. The molecule has 67 heavy (non-hydrogen) atoms. The predicted molar refractivity (Wildman–Crippen MR) is 289 cm³/mol. The van der Waals surface area contributed by atoms with Crippen LogP contribution < -0.4 is 0 Å². The average molecular weight is 1090 g/mol. The first-order valence-electron chi connectivity index (χ1n) is 25.1. The summed E-state index contributed by atoms with van der Waals surface area (Å²) in [6.45, 7) is 39.8. The molecule has 1 aromatic rings. The summed E-state index contributed by atoms with van der Waals surface area (Å²) in [5.41, 5.74) is -0.430. The van der Waals surface area contributed by atoms with Gasteiger partial charge in [0.05, 0.1) is 6.10 Å². The molecular formula is C52H94BrF3NO6PSSi2. The molecule has 1 aromatic heterocycles. The molecule has 0 N–H and O–H groups in total. The topological polar surface area (TPSA) is 91.8 Å².